The topological polar surface area (TPSA) is 99.3 Å². The molecular formula is C12H26N4O2S. The van der Waals surface area contributed by atoms with Gasteiger partial charge in [0.05, 0.1) is 12.3 Å². The molecule has 1 rings (SSSR count). The first-order valence-electron chi connectivity index (χ1n) is 6.84. The minimum Gasteiger partial charge on any atom is -0.387 e. The molecular weight excluding hydrogens is 264 g/mol. The summed E-state index contributed by atoms with van der Waals surface area (Å²) in [6, 6.07) is 0.0281. The molecule has 0 unspecified atom stereocenters. The van der Waals surface area contributed by atoms with E-state index in [1.54, 1.807) is 0 Å². The van der Waals surface area contributed by atoms with Gasteiger partial charge in [-0.05, 0) is 25.2 Å². The summed E-state index contributed by atoms with van der Waals surface area (Å²) in [5.74, 6) is 0.767. The average Bonchev–Trinajstić information content (AvgIpc) is 2.28. The molecule has 19 heavy (non-hydrogen) atoms. The van der Waals surface area contributed by atoms with Crippen molar-refractivity contribution in [2.24, 2.45) is 11.7 Å². The largest absolute Gasteiger partial charge is 0.387 e. The van der Waals surface area contributed by atoms with Gasteiger partial charge in [-0.3, -0.25) is 10.3 Å². The Bertz CT molecular complexity index is 387. The number of hydrogen-bond donors (Lipinski definition) is 3. The second-order valence-electron chi connectivity index (χ2n) is 5.69. The minimum absolute atomic E-state index is 0.0281. The Morgan fingerprint density at radius 2 is 2.00 bits per heavy atom. The van der Waals surface area contributed by atoms with Gasteiger partial charge < -0.3 is 5.73 Å². The van der Waals surface area contributed by atoms with Gasteiger partial charge >= 0.3 is 0 Å². The Balaban J connectivity index is 2.34. The molecule has 0 aliphatic carbocycles. The smallest absolute Gasteiger partial charge is 0.211 e. The van der Waals surface area contributed by atoms with E-state index in [1.165, 1.54) is 0 Å². The molecule has 1 fully saturated rings. The van der Waals surface area contributed by atoms with Crippen LogP contribution < -0.4 is 10.5 Å². The van der Waals surface area contributed by atoms with E-state index in [-0.39, 0.29) is 17.6 Å². The number of nitrogens with one attached hydrogen (secondary N) is 2. The highest BCUT2D eigenvalue weighted by Crippen LogP contribution is 2.12. The molecule has 0 aromatic heterocycles. The molecule has 1 aliphatic rings. The van der Waals surface area contributed by atoms with E-state index in [2.05, 4.69) is 9.62 Å². The minimum atomic E-state index is -3.15. The van der Waals surface area contributed by atoms with Crippen LogP contribution in [-0.4, -0.2) is 50.6 Å². The number of likely N-dealkylation sites (tertiary alicyclic amines) is 1. The first-order chi connectivity index (χ1) is 8.78. The number of sulfonamides is 1. The lowest BCUT2D eigenvalue weighted by Gasteiger charge is -2.31. The normalized spacial score (nSPS) is 18.9. The Morgan fingerprint density at radius 1 is 1.42 bits per heavy atom. The zero-order valence-corrected chi connectivity index (χ0v) is 12.7. The standard InChI is InChI=1S/C12H26N4O2S/c1-10(2)5-8-19(17,18)15-11-3-6-16(7-4-11)9-12(13)14/h10-11,15H,3-9H2,1-2H3,(H3,13,14). The molecule has 1 aliphatic heterocycles. The van der Waals surface area contributed by atoms with Crippen LogP contribution in [0.3, 0.4) is 0 Å². The maximum absolute atomic E-state index is 11.9. The lowest BCUT2D eigenvalue weighted by molar-refractivity contribution is 0.231. The molecule has 0 spiro atoms. The highest BCUT2D eigenvalue weighted by Gasteiger charge is 2.23. The van der Waals surface area contributed by atoms with E-state index < -0.39 is 10.0 Å². The van der Waals surface area contributed by atoms with Gasteiger partial charge in [-0.25, -0.2) is 13.1 Å². The summed E-state index contributed by atoms with van der Waals surface area (Å²) in [6.45, 7) is 6.10. The summed E-state index contributed by atoms with van der Waals surface area (Å²) >= 11 is 0. The summed E-state index contributed by atoms with van der Waals surface area (Å²) < 4.78 is 26.6. The SMILES string of the molecule is CC(C)CCS(=O)(=O)NC1CCN(CC(=N)N)CC1. The molecule has 0 radical (unpaired) electrons. The van der Waals surface area contributed by atoms with E-state index in [1.807, 2.05) is 13.8 Å². The van der Waals surface area contributed by atoms with Gasteiger partial charge in [-0.1, -0.05) is 13.8 Å². The number of hydrogen-bond acceptors (Lipinski definition) is 4. The van der Waals surface area contributed by atoms with Crippen molar-refractivity contribution >= 4 is 15.9 Å². The summed E-state index contributed by atoms with van der Waals surface area (Å²) in [7, 11) is -3.15. The lowest BCUT2D eigenvalue weighted by Crippen LogP contribution is -2.47. The molecule has 7 heteroatoms. The Hall–Kier alpha value is -0.660. The first kappa shape index (κ1) is 16.4. The monoisotopic (exact) mass is 290 g/mol. The molecule has 112 valence electrons. The predicted octanol–water partition coefficient (Wildman–Crippen LogP) is 0.352. The van der Waals surface area contributed by atoms with Crippen LogP contribution in [0.4, 0.5) is 0 Å². The van der Waals surface area contributed by atoms with Gasteiger partial charge in [0, 0.05) is 19.1 Å². The Morgan fingerprint density at radius 3 is 2.47 bits per heavy atom. The third kappa shape index (κ3) is 6.89. The molecule has 0 aromatic carbocycles. The van der Waals surface area contributed by atoms with Gasteiger partial charge in [0.2, 0.25) is 10.0 Å². The average molecular weight is 290 g/mol. The Labute approximate surface area is 116 Å². The van der Waals surface area contributed by atoms with E-state index in [9.17, 15) is 8.42 Å². The van der Waals surface area contributed by atoms with E-state index in [0.717, 1.165) is 25.9 Å². The number of amidine groups is 1. The fourth-order valence-electron chi connectivity index (χ4n) is 2.15. The summed E-state index contributed by atoms with van der Waals surface area (Å²) in [4.78, 5) is 2.08. The van der Waals surface area contributed by atoms with E-state index in [4.69, 9.17) is 11.1 Å². The van der Waals surface area contributed by atoms with Gasteiger partial charge in [-0.15, -0.1) is 0 Å². The molecule has 1 saturated heterocycles. The quantitative estimate of drug-likeness (QED) is 0.465. The molecule has 1 heterocycles. The van der Waals surface area contributed by atoms with Crippen molar-refractivity contribution in [1.82, 2.24) is 9.62 Å². The first-order valence-corrected chi connectivity index (χ1v) is 8.49. The van der Waals surface area contributed by atoms with Crippen LogP contribution in [0.1, 0.15) is 33.1 Å². The molecule has 0 amide bonds. The fourth-order valence-corrected chi connectivity index (χ4v) is 3.80. The van der Waals surface area contributed by atoms with Gasteiger partial charge in [0.25, 0.3) is 0 Å². The highest BCUT2D eigenvalue weighted by atomic mass is 32.2. The van der Waals surface area contributed by atoms with Gasteiger partial charge in [-0.2, -0.15) is 0 Å². The van der Waals surface area contributed by atoms with Crippen LogP contribution in [-0.2, 0) is 10.0 Å². The molecule has 6 nitrogen and oxygen atoms in total. The third-order valence-electron chi connectivity index (χ3n) is 3.29. The van der Waals surface area contributed by atoms with Crippen molar-refractivity contribution in [1.29, 1.82) is 5.41 Å². The lowest BCUT2D eigenvalue weighted by atomic mass is 10.1. The van der Waals surface area contributed by atoms with Crippen LogP contribution >= 0.6 is 0 Å². The molecule has 0 bridgehead atoms. The molecule has 0 aromatic rings. The van der Waals surface area contributed by atoms with Crippen LogP contribution in [0, 0.1) is 11.3 Å². The van der Waals surface area contributed by atoms with Gasteiger partial charge in [0.15, 0.2) is 0 Å². The summed E-state index contributed by atoms with van der Waals surface area (Å²) in [6.07, 6.45) is 2.26. The van der Waals surface area contributed by atoms with E-state index >= 15 is 0 Å². The molecule has 4 N–H and O–H groups in total. The number of rotatable bonds is 7. The second kappa shape index (κ2) is 7.21. The zero-order valence-electron chi connectivity index (χ0n) is 11.9. The number of nitrogens with zero attached hydrogens (tertiary/aromatic N) is 1. The van der Waals surface area contributed by atoms with E-state index in [0.29, 0.717) is 18.9 Å². The van der Waals surface area contributed by atoms with Crippen molar-refractivity contribution in [3.8, 4) is 0 Å². The van der Waals surface area contributed by atoms with Crippen LogP contribution in [0.2, 0.25) is 0 Å². The molecule has 0 saturated carbocycles. The van der Waals surface area contributed by atoms with Gasteiger partial charge in [0.1, 0.15) is 5.84 Å². The zero-order chi connectivity index (χ0) is 14.5. The fraction of sp³-hybridized carbons (Fsp3) is 0.917. The van der Waals surface area contributed by atoms with Crippen molar-refractivity contribution in [3.05, 3.63) is 0 Å². The van der Waals surface area contributed by atoms with Crippen LogP contribution in [0.25, 0.3) is 0 Å². The summed E-state index contributed by atoms with van der Waals surface area (Å²) in [5.41, 5.74) is 5.36. The van der Waals surface area contributed by atoms with Crippen molar-refractivity contribution in [3.63, 3.8) is 0 Å². The maximum Gasteiger partial charge on any atom is 0.211 e. The van der Waals surface area contributed by atoms with Crippen LogP contribution in [0.5, 0.6) is 0 Å². The number of nitrogens with two attached hydrogens (primary N) is 1. The van der Waals surface area contributed by atoms with Crippen molar-refractivity contribution in [2.45, 2.75) is 39.2 Å². The maximum atomic E-state index is 11.9. The highest BCUT2D eigenvalue weighted by molar-refractivity contribution is 7.89. The second-order valence-corrected chi connectivity index (χ2v) is 7.57. The molecule has 0 atom stereocenters. The Kier molecular flexibility index (Phi) is 6.22. The predicted molar refractivity (Wildman–Crippen MR) is 77.8 cm³/mol. The van der Waals surface area contributed by atoms with Crippen molar-refractivity contribution in [2.75, 3.05) is 25.4 Å². The number of piperidine rings is 1. The van der Waals surface area contributed by atoms with Crippen molar-refractivity contribution < 1.29 is 8.42 Å². The van der Waals surface area contributed by atoms with Crippen LogP contribution in [0.15, 0.2) is 0 Å². The third-order valence-corrected chi connectivity index (χ3v) is 4.76. The summed E-state index contributed by atoms with van der Waals surface area (Å²) in [5, 5.41) is 7.24.